The first-order valence-corrected chi connectivity index (χ1v) is 9.26. The van der Waals surface area contributed by atoms with Crippen LogP contribution in [0.2, 0.25) is 0 Å². The van der Waals surface area contributed by atoms with E-state index in [-0.39, 0.29) is 16.6 Å². The second kappa shape index (κ2) is 7.15. The summed E-state index contributed by atoms with van der Waals surface area (Å²) in [6.45, 7) is 3.96. The van der Waals surface area contributed by atoms with Crippen LogP contribution < -0.4 is 11.1 Å². The van der Waals surface area contributed by atoms with Crippen LogP contribution in [0.5, 0.6) is 0 Å². The van der Waals surface area contributed by atoms with Crippen LogP contribution in [0, 0.1) is 0 Å². The zero-order valence-electron chi connectivity index (χ0n) is 13.8. The average Bonchev–Trinajstić information content (AvgIpc) is 2.52. The molecule has 0 atom stereocenters. The summed E-state index contributed by atoms with van der Waals surface area (Å²) in [7, 11) is -3.44. The summed E-state index contributed by atoms with van der Waals surface area (Å²) < 4.78 is 24.8. The van der Waals surface area contributed by atoms with Crippen LogP contribution in [0.3, 0.4) is 0 Å². The number of nitrogens with one attached hydrogen (secondary N) is 1. The van der Waals surface area contributed by atoms with Gasteiger partial charge in [0.25, 0.3) is 5.91 Å². The molecule has 0 saturated heterocycles. The Morgan fingerprint density at radius 1 is 1.08 bits per heavy atom. The Hall–Kier alpha value is -2.18. The molecule has 0 radical (unpaired) electrons. The number of carbonyl (C=O) groups is 1. The van der Waals surface area contributed by atoms with Crippen molar-refractivity contribution in [1.82, 2.24) is 5.32 Å². The molecular formula is C18H22N2O3S. The summed E-state index contributed by atoms with van der Waals surface area (Å²) in [6, 6.07) is 14.9. The Morgan fingerprint density at radius 3 is 2.38 bits per heavy atom. The van der Waals surface area contributed by atoms with E-state index in [4.69, 9.17) is 5.73 Å². The topological polar surface area (TPSA) is 89.3 Å². The molecule has 0 bridgehead atoms. The number of carbonyl (C=O) groups excluding carboxylic acids is 1. The van der Waals surface area contributed by atoms with Crippen molar-refractivity contribution in [2.24, 2.45) is 5.73 Å². The van der Waals surface area contributed by atoms with Crippen LogP contribution in [0.4, 0.5) is 0 Å². The summed E-state index contributed by atoms with van der Waals surface area (Å²) in [5.41, 5.74) is 6.32. The fourth-order valence-corrected chi connectivity index (χ4v) is 3.50. The van der Waals surface area contributed by atoms with Crippen molar-refractivity contribution in [3.05, 3.63) is 65.7 Å². The van der Waals surface area contributed by atoms with Gasteiger partial charge in [-0.25, -0.2) is 8.42 Å². The van der Waals surface area contributed by atoms with Gasteiger partial charge in [0, 0.05) is 17.6 Å². The molecular weight excluding hydrogens is 324 g/mol. The monoisotopic (exact) mass is 346 g/mol. The van der Waals surface area contributed by atoms with Crippen molar-refractivity contribution in [2.45, 2.75) is 30.0 Å². The highest BCUT2D eigenvalue weighted by Gasteiger charge is 2.17. The summed E-state index contributed by atoms with van der Waals surface area (Å²) in [5.74, 6) is -0.423. The van der Waals surface area contributed by atoms with Gasteiger partial charge >= 0.3 is 0 Å². The summed E-state index contributed by atoms with van der Waals surface area (Å²) >= 11 is 0. The lowest BCUT2D eigenvalue weighted by Gasteiger charge is -2.19. The quantitative estimate of drug-likeness (QED) is 0.838. The number of rotatable bonds is 6. The number of hydrogen-bond donors (Lipinski definition) is 2. The van der Waals surface area contributed by atoms with E-state index in [0.717, 1.165) is 0 Å². The Bertz CT molecular complexity index is 810. The van der Waals surface area contributed by atoms with Gasteiger partial charge < -0.3 is 11.1 Å². The molecule has 128 valence electrons. The molecule has 5 nitrogen and oxygen atoms in total. The standard InChI is InChI=1S/C18H22N2O3S/c1-18(2,19)13-20-17(21)15-8-6-7-14(11-15)12-24(22,23)16-9-4-3-5-10-16/h3-11H,12-13,19H2,1-2H3,(H,20,21). The Labute approximate surface area is 142 Å². The highest BCUT2D eigenvalue weighted by Crippen LogP contribution is 2.17. The molecule has 0 aromatic heterocycles. The van der Waals surface area contributed by atoms with Gasteiger partial charge in [-0.2, -0.15) is 0 Å². The van der Waals surface area contributed by atoms with Crippen LogP contribution >= 0.6 is 0 Å². The fourth-order valence-electron chi connectivity index (χ4n) is 2.14. The zero-order valence-corrected chi connectivity index (χ0v) is 14.6. The van der Waals surface area contributed by atoms with E-state index in [1.807, 2.05) is 13.8 Å². The second-order valence-corrected chi connectivity index (χ2v) is 8.43. The van der Waals surface area contributed by atoms with Crippen LogP contribution in [0.25, 0.3) is 0 Å². The van der Waals surface area contributed by atoms with E-state index in [9.17, 15) is 13.2 Å². The third-order valence-electron chi connectivity index (χ3n) is 3.35. The molecule has 24 heavy (non-hydrogen) atoms. The normalized spacial score (nSPS) is 12.0. The maximum atomic E-state index is 12.4. The minimum absolute atomic E-state index is 0.152. The average molecular weight is 346 g/mol. The van der Waals surface area contributed by atoms with Gasteiger partial charge in [0.05, 0.1) is 10.6 Å². The first kappa shape index (κ1) is 18.2. The predicted octanol–water partition coefficient (Wildman–Crippen LogP) is 2.13. The smallest absolute Gasteiger partial charge is 0.251 e. The number of benzene rings is 2. The van der Waals surface area contributed by atoms with Gasteiger partial charge in [-0.3, -0.25) is 4.79 Å². The van der Waals surface area contributed by atoms with Gasteiger partial charge in [-0.15, -0.1) is 0 Å². The highest BCUT2D eigenvalue weighted by molar-refractivity contribution is 7.90. The van der Waals surface area contributed by atoms with E-state index >= 15 is 0 Å². The molecule has 0 unspecified atom stereocenters. The summed E-state index contributed by atoms with van der Waals surface area (Å²) in [4.78, 5) is 12.4. The number of sulfone groups is 1. The maximum absolute atomic E-state index is 12.4. The maximum Gasteiger partial charge on any atom is 0.251 e. The minimum atomic E-state index is -3.44. The third kappa shape index (κ3) is 5.18. The summed E-state index contributed by atoms with van der Waals surface area (Å²) in [5, 5.41) is 2.75. The van der Waals surface area contributed by atoms with E-state index in [1.54, 1.807) is 54.6 Å². The van der Waals surface area contributed by atoms with E-state index in [1.165, 1.54) is 0 Å². The van der Waals surface area contributed by atoms with Gasteiger partial charge in [0.2, 0.25) is 0 Å². The van der Waals surface area contributed by atoms with E-state index < -0.39 is 15.4 Å². The Morgan fingerprint density at radius 2 is 1.75 bits per heavy atom. The molecule has 6 heteroatoms. The summed E-state index contributed by atoms with van der Waals surface area (Å²) in [6.07, 6.45) is 0. The highest BCUT2D eigenvalue weighted by atomic mass is 32.2. The third-order valence-corrected chi connectivity index (χ3v) is 5.06. The first-order valence-electron chi connectivity index (χ1n) is 7.61. The molecule has 0 aliphatic rings. The van der Waals surface area contributed by atoms with Crippen molar-refractivity contribution in [3.8, 4) is 0 Å². The molecule has 1 amide bonds. The lowest BCUT2D eigenvalue weighted by atomic mass is 10.1. The number of amides is 1. The fraction of sp³-hybridized carbons (Fsp3) is 0.278. The van der Waals surface area contributed by atoms with Crippen LogP contribution in [-0.2, 0) is 15.6 Å². The van der Waals surface area contributed by atoms with Crippen molar-refractivity contribution >= 4 is 15.7 Å². The van der Waals surface area contributed by atoms with Crippen molar-refractivity contribution < 1.29 is 13.2 Å². The molecule has 0 aliphatic carbocycles. The van der Waals surface area contributed by atoms with Crippen LogP contribution in [-0.4, -0.2) is 26.4 Å². The first-order chi connectivity index (χ1) is 11.2. The second-order valence-electron chi connectivity index (χ2n) is 6.44. The van der Waals surface area contributed by atoms with Gasteiger partial charge in [-0.05, 0) is 43.7 Å². The lowest BCUT2D eigenvalue weighted by Crippen LogP contribution is -2.45. The number of nitrogens with two attached hydrogens (primary N) is 1. The van der Waals surface area contributed by atoms with Crippen LogP contribution in [0.1, 0.15) is 29.8 Å². The van der Waals surface area contributed by atoms with Crippen molar-refractivity contribution in [2.75, 3.05) is 6.54 Å². The molecule has 2 aromatic carbocycles. The van der Waals surface area contributed by atoms with Gasteiger partial charge in [-0.1, -0.05) is 30.3 Å². The lowest BCUT2D eigenvalue weighted by molar-refractivity contribution is 0.0946. The molecule has 0 aliphatic heterocycles. The largest absolute Gasteiger partial charge is 0.350 e. The molecule has 2 aromatic rings. The molecule has 0 fully saturated rings. The molecule has 0 spiro atoms. The molecule has 0 heterocycles. The molecule has 2 rings (SSSR count). The minimum Gasteiger partial charge on any atom is -0.350 e. The van der Waals surface area contributed by atoms with E-state index in [2.05, 4.69) is 5.32 Å². The van der Waals surface area contributed by atoms with Crippen molar-refractivity contribution in [3.63, 3.8) is 0 Å². The SMILES string of the molecule is CC(C)(N)CNC(=O)c1cccc(CS(=O)(=O)c2ccccc2)c1. The molecule has 0 saturated carbocycles. The Balaban J connectivity index is 2.15. The van der Waals surface area contributed by atoms with Crippen molar-refractivity contribution in [1.29, 1.82) is 0 Å². The number of hydrogen-bond acceptors (Lipinski definition) is 4. The van der Waals surface area contributed by atoms with Gasteiger partial charge in [0.15, 0.2) is 9.84 Å². The van der Waals surface area contributed by atoms with E-state index in [0.29, 0.717) is 17.7 Å². The zero-order chi connectivity index (χ0) is 17.8. The predicted molar refractivity (Wildman–Crippen MR) is 94.4 cm³/mol. The molecule has 3 N–H and O–H groups in total. The Kier molecular flexibility index (Phi) is 5.41. The van der Waals surface area contributed by atoms with Crippen LogP contribution in [0.15, 0.2) is 59.5 Å². The van der Waals surface area contributed by atoms with Gasteiger partial charge in [0.1, 0.15) is 0 Å².